The van der Waals surface area contributed by atoms with Crippen molar-refractivity contribution >= 4 is 29.7 Å². The van der Waals surface area contributed by atoms with Crippen LogP contribution >= 0.6 is 0 Å². The Morgan fingerprint density at radius 2 is 1.96 bits per heavy atom. The lowest BCUT2D eigenvalue weighted by molar-refractivity contribution is -0.127. The number of imide groups is 1. The smallest absolute Gasteiger partial charge is 0.411 e. The minimum atomic E-state index is -1.16. The van der Waals surface area contributed by atoms with E-state index in [2.05, 4.69) is 16.0 Å². The highest BCUT2D eigenvalue weighted by Gasteiger charge is 2.26. The molecule has 26 heavy (non-hydrogen) atoms. The van der Waals surface area contributed by atoms with Gasteiger partial charge in [-0.2, -0.15) is 0 Å². The topological polar surface area (TPSA) is 123 Å². The summed E-state index contributed by atoms with van der Waals surface area (Å²) < 4.78 is 9.81. The first kappa shape index (κ1) is 19.2. The molecule has 2 rings (SSSR count). The summed E-state index contributed by atoms with van der Waals surface area (Å²) in [7, 11) is 0. The van der Waals surface area contributed by atoms with E-state index in [0.29, 0.717) is 5.69 Å². The molecule has 0 aliphatic heterocycles. The van der Waals surface area contributed by atoms with Crippen LogP contribution < -0.4 is 16.0 Å². The van der Waals surface area contributed by atoms with Crippen molar-refractivity contribution in [1.82, 2.24) is 10.6 Å². The van der Waals surface area contributed by atoms with Crippen LogP contribution in [0.25, 0.3) is 0 Å². The highest BCUT2D eigenvalue weighted by molar-refractivity contribution is 5.99. The standard InChI is InChI=1S/C17H21N3O6/c1-3-25-17(24)19-13-6-4-5-11(9-13)15(22)26-10(2)14(21)20-16(23)18-12-7-8-12/h4-6,9-10,12H,3,7-8H2,1-2H3,(H,19,24)(H2,18,20,21,23). The Hall–Kier alpha value is -3.10. The van der Waals surface area contributed by atoms with Crippen molar-refractivity contribution in [2.24, 2.45) is 0 Å². The number of carbonyl (C=O) groups is 4. The molecule has 0 aromatic heterocycles. The van der Waals surface area contributed by atoms with Crippen LogP contribution in [-0.4, -0.2) is 42.8 Å². The van der Waals surface area contributed by atoms with Gasteiger partial charge in [0.1, 0.15) is 0 Å². The van der Waals surface area contributed by atoms with E-state index in [4.69, 9.17) is 9.47 Å². The van der Waals surface area contributed by atoms with Crippen molar-refractivity contribution in [3.63, 3.8) is 0 Å². The molecular weight excluding hydrogens is 342 g/mol. The van der Waals surface area contributed by atoms with Crippen molar-refractivity contribution in [1.29, 1.82) is 0 Å². The van der Waals surface area contributed by atoms with Crippen molar-refractivity contribution in [3.8, 4) is 0 Å². The Morgan fingerprint density at radius 1 is 1.23 bits per heavy atom. The largest absolute Gasteiger partial charge is 0.450 e. The van der Waals surface area contributed by atoms with E-state index in [1.54, 1.807) is 19.1 Å². The third kappa shape index (κ3) is 6.08. The molecule has 1 atom stereocenters. The molecular formula is C17H21N3O6. The summed E-state index contributed by atoms with van der Waals surface area (Å²) in [5.74, 6) is -1.49. The fourth-order valence-electron chi connectivity index (χ4n) is 1.95. The molecule has 1 fully saturated rings. The summed E-state index contributed by atoms with van der Waals surface area (Å²) in [5.41, 5.74) is 0.486. The first-order chi connectivity index (χ1) is 12.4. The third-order valence-electron chi connectivity index (χ3n) is 3.42. The zero-order valence-corrected chi connectivity index (χ0v) is 14.5. The van der Waals surface area contributed by atoms with Gasteiger partial charge in [-0.25, -0.2) is 14.4 Å². The minimum Gasteiger partial charge on any atom is -0.450 e. The van der Waals surface area contributed by atoms with E-state index in [1.807, 2.05) is 0 Å². The molecule has 1 aliphatic carbocycles. The Kier molecular flexibility index (Phi) is 6.54. The van der Waals surface area contributed by atoms with Gasteiger partial charge < -0.3 is 14.8 Å². The normalized spacial score (nSPS) is 13.9. The molecule has 4 amide bonds. The maximum Gasteiger partial charge on any atom is 0.411 e. The van der Waals surface area contributed by atoms with Crippen LogP contribution in [0.15, 0.2) is 24.3 Å². The Morgan fingerprint density at radius 3 is 2.62 bits per heavy atom. The van der Waals surface area contributed by atoms with Gasteiger partial charge in [-0.3, -0.25) is 15.4 Å². The predicted molar refractivity (Wildman–Crippen MR) is 91.7 cm³/mol. The van der Waals surface area contributed by atoms with E-state index in [-0.39, 0.29) is 18.2 Å². The molecule has 0 saturated heterocycles. The van der Waals surface area contributed by atoms with Gasteiger partial charge in [0.2, 0.25) is 0 Å². The molecule has 0 bridgehead atoms. The van der Waals surface area contributed by atoms with Gasteiger partial charge in [0.15, 0.2) is 6.10 Å². The van der Waals surface area contributed by atoms with Crippen molar-refractivity contribution in [2.45, 2.75) is 38.8 Å². The average molecular weight is 363 g/mol. The number of esters is 1. The number of anilines is 1. The van der Waals surface area contributed by atoms with E-state index >= 15 is 0 Å². The molecule has 9 nitrogen and oxygen atoms in total. The van der Waals surface area contributed by atoms with Crippen molar-refractivity contribution < 1.29 is 28.7 Å². The molecule has 1 aliphatic rings. The number of benzene rings is 1. The zero-order chi connectivity index (χ0) is 19.1. The zero-order valence-electron chi connectivity index (χ0n) is 14.5. The van der Waals surface area contributed by atoms with Crippen LogP contribution in [0.4, 0.5) is 15.3 Å². The lowest BCUT2D eigenvalue weighted by atomic mass is 10.2. The van der Waals surface area contributed by atoms with Crippen molar-refractivity contribution in [2.75, 3.05) is 11.9 Å². The quantitative estimate of drug-likeness (QED) is 0.662. The summed E-state index contributed by atoms with van der Waals surface area (Å²) >= 11 is 0. The lowest BCUT2D eigenvalue weighted by Gasteiger charge is -2.13. The number of amides is 4. The molecule has 0 radical (unpaired) electrons. The maximum atomic E-state index is 12.2. The summed E-state index contributed by atoms with van der Waals surface area (Å²) in [4.78, 5) is 47.0. The van der Waals surface area contributed by atoms with E-state index in [1.165, 1.54) is 19.1 Å². The Labute approximate surface area is 150 Å². The van der Waals surface area contributed by atoms with Crippen LogP contribution in [0.2, 0.25) is 0 Å². The molecule has 1 saturated carbocycles. The van der Waals surface area contributed by atoms with Crippen LogP contribution in [0.3, 0.4) is 0 Å². The first-order valence-corrected chi connectivity index (χ1v) is 8.25. The number of nitrogens with one attached hydrogen (secondary N) is 3. The fraction of sp³-hybridized carbons (Fsp3) is 0.412. The second-order valence-corrected chi connectivity index (χ2v) is 5.71. The third-order valence-corrected chi connectivity index (χ3v) is 3.42. The molecule has 1 aromatic carbocycles. The molecule has 0 heterocycles. The van der Waals surface area contributed by atoms with E-state index in [9.17, 15) is 19.2 Å². The predicted octanol–water partition coefficient (Wildman–Crippen LogP) is 1.79. The Bertz CT molecular complexity index is 701. The van der Waals surface area contributed by atoms with Crippen molar-refractivity contribution in [3.05, 3.63) is 29.8 Å². The van der Waals surface area contributed by atoms with Crippen LogP contribution in [0, 0.1) is 0 Å². The van der Waals surface area contributed by atoms with Gasteiger partial charge >= 0.3 is 18.1 Å². The molecule has 0 spiro atoms. The number of urea groups is 1. The van der Waals surface area contributed by atoms with Gasteiger partial charge in [0.25, 0.3) is 5.91 Å². The fourth-order valence-corrected chi connectivity index (χ4v) is 1.95. The highest BCUT2D eigenvalue weighted by atomic mass is 16.6. The van der Waals surface area contributed by atoms with Gasteiger partial charge in [0, 0.05) is 11.7 Å². The summed E-state index contributed by atoms with van der Waals surface area (Å²) in [6.07, 6.45) is -0.0217. The molecule has 9 heteroatoms. The summed E-state index contributed by atoms with van der Waals surface area (Å²) in [6, 6.07) is 5.49. The summed E-state index contributed by atoms with van der Waals surface area (Å²) in [6.45, 7) is 3.25. The monoisotopic (exact) mass is 363 g/mol. The molecule has 1 unspecified atom stereocenters. The van der Waals surface area contributed by atoms with Crippen LogP contribution in [-0.2, 0) is 14.3 Å². The maximum absolute atomic E-state index is 12.2. The van der Waals surface area contributed by atoms with E-state index in [0.717, 1.165) is 12.8 Å². The molecule has 3 N–H and O–H groups in total. The highest BCUT2D eigenvalue weighted by Crippen LogP contribution is 2.18. The first-order valence-electron chi connectivity index (χ1n) is 8.25. The molecule has 1 aromatic rings. The number of carbonyl (C=O) groups excluding carboxylic acids is 4. The van der Waals surface area contributed by atoms with Crippen LogP contribution in [0.1, 0.15) is 37.0 Å². The van der Waals surface area contributed by atoms with E-state index < -0.39 is 30.1 Å². The SMILES string of the molecule is CCOC(=O)Nc1cccc(C(=O)OC(C)C(=O)NC(=O)NC2CC2)c1. The number of rotatable bonds is 6. The Balaban J connectivity index is 1.88. The number of ether oxygens (including phenoxy) is 2. The van der Waals surface area contributed by atoms with Gasteiger partial charge in [-0.1, -0.05) is 6.07 Å². The van der Waals surface area contributed by atoms with Gasteiger partial charge in [-0.15, -0.1) is 0 Å². The lowest BCUT2D eigenvalue weighted by Crippen LogP contribution is -2.45. The second-order valence-electron chi connectivity index (χ2n) is 5.71. The summed E-state index contributed by atoms with van der Waals surface area (Å²) in [5, 5.41) is 7.18. The second kappa shape index (κ2) is 8.84. The van der Waals surface area contributed by atoms with Gasteiger partial charge in [-0.05, 0) is 44.9 Å². The molecule has 140 valence electrons. The average Bonchev–Trinajstić information content (AvgIpc) is 3.38. The van der Waals surface area contributed by atoms with Crippen LogP contribution in [0.5, 0.6) is 0 Å². The van der Waals surface area contributed by atoms with Gasteiger partial charge in [0.05, 0.1) is 12.2 Å². The number of hydrogen-bond acceptors (Lipinski definition) is 6. The number of hydrogen-bond donors (Lipinski definition) is 3. The minimum absolute atomic E-state index is 0.107.